The summed E-state index contributed by atoms with van der Waals surface area (Å²) in [6.45, 7) is 0. The zero-order valence-corrected chi connectivity index (χ0v) is 12.1. The van der Waals surface area contributed by atoms with Gasteiger partial charge in [0.2, 0.25) is 0 Å². The number of benzene rings is 1. The lowest BCUT2D eigenvalue weighted by atomic mass is 9.91. The van der Waals surface area contributed by atoms with Crippen LogP contribution in [0.2, 0.25) is 5.02 Å². The highest BCUT2D eigenvalue weighted by Gasteiger charge is 2.49. The Hall–Kier alpha value is -1.42. The monoisotopic (exact) mass is 296 g/mol. The van der Waals surface area contributed by atoms with E-state index in [1.165, 1.54) is 0 Å². The Bertz CT molecular complexity index is 547. The minimum Gasteiger partial charge on any atom is -0.493 e. The normalized spacial score (nSPS) is 19.5. The van der Waals surface area contributed by atoms with E-state index < -0.39 is 5.97 Å². The predicted octanol–water partition coefficient (Wildman–Crippen LogP) is 3.40. The molecule has 2 fully saturated rings. The van der Waals surface area contributed by atoms with E-state index in [1.54, 1.807) is 13.2 Å². The van der Waals surface area contributed by atoms with Crippen molar-refractivity contribution in [1.82, 2.24) is 0 Å². The summed E-state index contributed by atoms with van der Waals surface area (Å²) >= 11 is 6.14. The third kappa shape index (κ3) is 2.57. The fourth-order valence-electron chi connectivity index (χ4n) is 2.57. The highest BCUT2D eigenvalue weighted by molar-refractivity contribution is 6.30. The lowest BCUT2D eigenvalue weighted by Crippen LogP contribution is -2.15. The molecule has 5 heteroatoms. The fraction of sp³-hybridized carbons (Fsp3) is 0.533. The van der Waals surface area contributed by atoms with E-state index in [0.717, 1.165) is 31.2 Å². The zero-order valence-electron chi connectivity index (χ0n) is 11.3. The molecule has 0 aliphatic heterocycles. The lowest BCUT2D eigenvalue weighted by Gasteiger charge is -2.21. The Labute approximate surface area is 122 Å². The molecule has 3 rings (SSSR count). The summed E-state index contributed by atoms with van der Waals surface area (Å²) in [6, 6.07) is 3.55. The van der Waals surface area contributed by atoms with Crippen LogP contribution in [0, 0.1) is 0 Å². The standard InChI is InChI=1S/C15H17ClO4/c1-19-12-7-9(16)6-11(14(12)20-10-2-3-10)15(4-5-15)8-13(17)18/h6-7,10H,2-5,8H2,1H3,(H,17,18). The van der Waals surface area contributed by atoms with Gasteiger partial charge < -0.3 is 14.6 Å². The first-order chi connectivity index (χ1) is 9.54. The van der Waals surface area contributed by atoms with Crippen LogP contribution in [0.5, 0.6) is 11.5 Å². The molecule has 0 atom stereocenters. The number of halogens is 1. The van der Waals surface area contributed by atoms with Gasteiger partial charge >= 0.3 is 5.97 Å². The fourth-order valence-corrected chi connectivity index (χ4v) is 2.78. The van der Waals surface area contributed by atoms with Crippen LogP contribution in [0.25, 0.3) is 0 Å². The van der Waals surface area contributed by atoms with Gasteiger partial charge in [-0.15, -0.1) is 0 Å². The van der Waals surface area contributed by atoms with Crippen LogP contribution in [0.15, 0.2) is 12.1 Å². The molecule has 0 bridgehead atoms. The second-order valence-corrected chi connectivity index (χ2v) is 6.09. The van der Waals surface area contributed by atoms with Crippen LogP contribution in [-0.4, -0.2) is 24.3 Å². The van der Waals surface area contributed by atoms with Gasteiger partial charge in [0, 0.05) is 22.1 Å². The van der Waals surface area contributed by atoms with Gasteiger partial charge in [-0.05, 0) is 31.7 Å². The van der Waals surface area contributed by atoms with Gasteiger partial charge in [-0.2, -0.15) is 0 Å². The van der Waals surface area contributed by atoms with Gasteiger partial charge in [0.15, 0.2) is 11.5 Å². The molecule has 0 radical (unpaired) electrons. The highest BCUT2D eigenvalue weighted by atomic mass is 35.5. The Balaban J connectivity index is 2.03. The van der Waals surface area contributed by atoms with Crippen molar-refractivity contribution in [1.29, 1.82) is 0 Å². The Morgan fingerprint density at radius 3 is 2.65 bits per heavy atom. The molecule has 4 nitrogen and oxygen atoms in total. The molecule has 2 aliphatic rings. The van der Waals surface area contributed by atoms with Gasteiger partial charge in [0.25, 0.3) is 0 Å². The Kier molecular flexibility index (Phi) is 3.28. The smallest absolute Gasteiger partial charge is 0.304 e. The first-order valence-corrected chi connectivity index (χ1v) is 7.18. The van der Waals surface area contributed by atoms with Crippen molar-refractivity contribution in [3.63, 3.8) is 0 Å². The van der Waals surface area contributed by atoms with Gasteiger partial charge in [0.05, 0.1) is 19.6 Å². The average molecular weight is 297 g/mol. The molecule has 108 valence electrons. The van der Waals surface area contributed by atoms with Gasteiger partial charge in [-0.25, -0.2) is 0 Å². The SMILES string of the molecule is COc1cc(Cl)cc(C2(CC(=O)O)CC2)c1OC1CC1. The summed E-state index contributed by atoms with van der Waals surface area (Å²) in [5, 5.41) is 9.68. The highest BCUT2D eigenvalue weighted by Crippen LogP contribution is 2.56. The number of carboxylic acid groups (broad SMARTS) is 1. The number of aliphatic carboxylic acids is 1. The van der Waals surface area contributed by atoms with Crippen molar-refractivity contribution in [2.24, 2.45) is 0 Å². The molecule has 0 amide bonds. The van der Waals surface area contributed by atoms with Gasteiger partial charge in [0.1, 0.15) is 0 Å². The minimum atomic E-state index is -0.793. The summed E-state index contributed by atoms with van der Waals surface area (Å²) in [4.78, 5) is 11.1. The second-order valence-electron chi connectivity index (χ2n) is 5.65. The summed E-state index contributed by atoms with van der Waals surface area (Å²) in [6.07, 6.45) is 4.11. The summed E-state index contributed by atoms with van der Waals surface area (Å²) in [5.41, 5.74) is 0.546. The maximum absolute atomic E-state index is 11.1. The van der Waals surface area contributed by atoms with Crippen molar-refractivity contribution >= 4 is 17.6 Å². The summed E-state index contributed by atoms with van der Waals surface area (Å²) < 4.78 is 11.3. The molecule has 2 saturated carbocycles. The number of hydrogen-bond donors (Lipinski definition) is 1. The second kappa shape index (κ2) is 4.85. The van der Waals surface area contributed by atoms with Gasteiger partial charge in [-0.1, -0.05) is 11.6 Å². The molecule has 0 saturated heterocycles. The molecular formula is C15H17ClO4. The van der Waals surface area contributed by atoms with E-state index >= 15 is 0 Å². The molecule has 1 aromatic carbocycles. The quantitative estimate of drug-likeness (QED) is 0.874. The summed E-state index contributed by atoms with van der Waals surface area (Å²) in [5.74, 6) is 0.480. The molecular weight excluding hydrogens is 280 g/mol. The predicted molar refractivity (Wildman–Crippen MR) is 74.8 cm³/mol. The third-order valence-corrected chi connectivity index (χ3v) is 4.18. The minimum absolute atomic E-state index is 0.109. The van der Waals surface area contributed by atoms with Crippen LogP contribution >= 0.6 is 11.6 Å². The van der Waals surface area contributed by atoms with Crippen molar-refractivity contribution in [3.8, 4) is 11.5 Å². The number of hydrogen-bond acceptors (Lipinski definition) is 3. The van der Waals surface area contributed by atoms with E-state index in [1.807, 2.05) is 6.07 Å². The summed E-state index contributed by atoms with van der Waals surface area (Å²) in [7, 11) is 1.58. The van der Waals surface area contributed by atoms with Crippen LogP contribution in [0.3, 0.4) is 0 Å². The molecule has 0 unspecified atom stereocenters. The van der Waals surface area contributed by atoms with Gasteiger partial charge in [-0.3, -0.25) is 4.79 Å². The molecule has 0 aromatic heterocycles. The molecule has 1 aromatic rings. The van der Waals surface area contributed by atoms with E-state index in [-0.39, 0.29) is 17.9 Å². The topological polar surface area (TPSA) is 55.8 Å². The van der Waals surface area contributed by atoms with Crippen molar-refractivity contribution in [2.45, 2.75) is 43.6 Å². The molecule has 1 N–H and O–H groups in total. The zero-order chi connectivity index (χ0) is 14.3. The number of carbonyl (C=O) groups is 1. The third-order valence-electron chi connectivity index (χ3n) is 3.96. The first kappa shape index (κ1) is 13.6. The lowest BCUT2D eigenvalue weighted by molar-refractivity contribution is -0.137. The number of methoxy groups -OCH3 is 1. The van der Waals surface area contributed by atoms with Crippen molar-refractivity contribution in [2.75, 3.05) is 7.11 Å². The van der Waals surface area contributed by atoms with Crippen LogP contribution < -0.4 is 9.47 Å². The van der Waals surface area contributed by atoms with E-state index in [9.17, 15) is 4.79 Å². The van der Waals surface area contributed by atoms with Crippen LogP contribution in [0.4, 0.5) is 0 Å². The number of carboxylic acids is 1. The number of rotatable bonds is 6. The molecule has 0 spiro atoms. The van der Waals surface area contributed by atoms with Crippen molar-refractivity contribution < 1.29 is 19.4 Å². The number of ether oxygens (including phenoxy) is 2. The Morgan fingerprint density at radius 1 is 1.45 bits per heavy atom. The van der Waals surface area contributed by atoms with Crippen molar-refractivity contribution in [3.05, 3.63) is 22.7 Å². The van der Waals surface area contributed by atoms with Crippen LogP contribution in [0.1, 0.15) is 37.7 Å². The van der Waals surface area contributed by atoms with Crippen LogP contribution in [-0.2, 0) is 10.2 Å². The maximum atomic E-state index is 11.1. The average Bonchev–Trinajstić information content (AvgIpc) is 3.27. The Morgan fingerprint density at radius 2 is 2.15 bits per heavy atom. The largest absolute Gasteiger partial charge is 0.493 e. The maximum Gasteiger partial charge on any atom is 0.304 e. The van der Waals surface area contributed by atoms with E-state index in [0.29, 0.717) is 16.5 Å². The van der Waals surface area contributed by atoms with E-state index in [4.69, 9.17) is 26.2 Å². The molecule has 20 heavy (non-hydrogen) atoms. The molecule has 2 aliphatic carbocycles. The molecule has 0 heterocycles. The first-order valence-electron chi connectivity index (χ1n) is 6.80. The van der Waals surface area contributed by atoms with E-state index in [2.05, 4.69) is 0 Å².